The van der Waals surface area contributed by atoms with E-state index in [9.17, 15) is 4.79 Å². The number of carbonyl (C=O) groups is 1. The molecule has 5 heteroatoms. The minimum absolute atomic E-state index is 0.0971. The van der Waals surface area contributed by atoms with Gasteiger partial charge in [0.2, 0.25) is 0 Å². The van der Waals surface area contributed by atoms with Crippen LogP contribution in [0.2, 0.25) is 0 Å². The number of hydrogen-bond donors (Lipinski definition) is 1. The molecule has 1 fully saturated rings. The van der Waals surface area contributed by atoms with Crippen LogP contribution in [0.3, 0.4) is 0 Å². The number of hydrogen-bond acceptors (Lipinski definition) is 3. The van der Waals surface area contributed by atoms with Gasteiger partial charge in [-0.1, -0.05) is 51.5 Å². The predicted molar refractivity (Wildman–Crippen MR) is 110 cm³/mol. The Bertz CT molecular complexity index is 765. The highest BCUT2D eigenvalue weighted by Gasteiger charge is 2.17. The van der Waals surface area contributed by atoms with Crippen molar-refractivity contribution in [1.82, 2.24) is 20.0 Å². The molecule has 1 N–H and O–H groups in total. The number of rotatable bonds is 5. The Balaban J connectivity index is 1.62. The number of amides is 1. The first kappa shape index (κ1) is 19.6. The van der Waals surface area contributed by atoms with Crippen LogP contribution in [0.15, 0.2) is 30.3 Å². The summed E-state index contributed by atoms with van der Waals surface area (Å²) in [5, 5.41) is 7.43. The van der Waals surface area contributed by atoms with Crippen molar-refractivity contribution in [2.75, 3.05) is 26.2 Å². The Morgan fingerprint density at radius 3 is 2.41 bits per heavy atom. The van der Waals surface area contributed by atoms with Crippen LogP contribution in [-0.2, 0) is 12.5 Å². The van der Waals surface area contributed by atoms with Gasteiger partial charge < -0.3 is 10.2 Å². The van der Waals surface area contributed by atoms with E-state index in [0.29, 0.717) is 12.2 Å². The topological polar surface area (TPSA) is 50.2 Å². The van der Waals surface area contributed by atoms with Gasteiger partial charge in [-0.15, -0.1) is 0 Å². The van der Waals surface area contributed by atoms with Crippen LogP contribution >= 0.6 is 0 Å². The van der Waals surface area contributed by atoms with Gasteiger partial charge >= 0.3 is 0 Å². The Morgan fingerprint density at radius 1 is 1.11 bits per heavy atom. The molecular weight excluding hydrogens is 336 g/mol. The fourth-order valence-electron chi connectivity index (χ4n) is 3.59. The molecule has 0 spiro atoms. The molecule has 0 bridgehead atoms. The molecule has 0 saturated carbocycles. The summed E-state index contributed by atoms with van der Waals surface area (Å²) >= 11 is 0. The van der Waals surface area contributed by atoms with E-state index >= 15 is 0 Å². The van der Waals surface area contributed by atoms with Crippen LogP contribution in [0, 0.1) is 0 Å². The Labute approximate surface area is 162 Å². The lowest BCUT2D eigenvalue weighted by Gasteiger charge is -2.26. The number of piperidine rings is 1. The minimum Gasteiger partial charge on any atom is -0.349 e. The molecule has 5 nitrogen and oxygen atoms in total. The lowest BCUT2D eigenvalue weighted by molar-refractivity contribution is 0.0941. The van der Waals surface area contributed by atoms with Crippen LogP contribution in [-0.4, -0.2) is 46.8 Å². The monoisotopic (exact) mass is 368 g/mol. The van der Waals surface area contributed by atoms with E-state index in [1.807, 2.05) is 13.1 Å². The van der Waals surface area contributed by atoms with Crippen molar-refractivity contribution >= 4 is 5.91 Å². The second-order valence-corrected chi connectivity index (χ2v) is 8.52. The number of nitrogens with zero attached hydrogens (tertiary/aromatic N) is 3. The largest absolute Gasteiger partial charge is 0.349 e. The third-order valence-corrected chi connectivity index (χ3v) is 5.32. The molecule has 0 aliphatic carbocycles. The summed E-state index contributed by atoms with van der Waals surface area (Å²) in [7, 11) is 1.89. The number of aromatic nitrogens is 2. The van der Waals surface area contributed by atoms with Crippen molar-refractivity contribution in [3.8, 4) is 11.3 Å². The van der Waals surface area contributed by atoms with Crippen LogP contribution < -0.4 is 5.32 Å². The Kier molecular flexibility index (Phi) is 6.00. The highest BCUT2D eigenvalue weighted by molar-refractivity contribution is 5.93. The molecule has 3 rings (SSSR count). The van der Waals surface area contributed by atoms with Gasteiger partial charge in [0.15, 0.2) is 5.69 Å². The molecule has 146 valence electrons. The Morgan fingerprint density at radius 2 is 1.78 bits per heavy atom. The van der Waals surface area contributed by atoms with E-state index in [-0.39, 0.29) is 11.3 Å². The molecule has 1 saturated heterocycles. The van der Waals surface area contributed by atoms with Crippen LogP contribution in [0.25, 0.3) is 11.3 Å². The van der Waals surface area contributed by atoms with Crippen molar-refractivity contribution in [1.29, 1.82) is 0 Å². The molecule has 0 radical (unpaired) electrons. The predicted octanol–water partition coefficient (Wildman–Crippen LogP) is 3.60. The first-order chi connectivity index (χ1) is 12.8. The normalized spacial score (nSPS) is 15.7. The highest BCUT2D eigenvalue weighted by Crippen LogP contribution is 2.26. The van der Waals surface area contributed by atoms with Crippen LogP contribution in [0.5, 0.6) is 0 Å². The lowest BCUT2D eigenvalue weighted by atomic mass is 9.86. The second-order valence-electron chi connectivity index (χ2n) is 8.52. The number of benzene rings is 1. The lowest BCUT2D eigenvalue weighted by Crippen LogP contribution is -2.37. The van der Waals surface area contributed by atoms with Gasteiger partial charge in [0.05, 0.1) is 5.69 Å². The summed E-state index contributed by atoms with van der Waals surface area (Å²) < 4.78 is 1.78. The van der Waals surface area contributed by atoms with Crippen LogP contribution in [0.4, 0.5) is 0 Å². The third kappa shape index (κ3) is 4.98. The molecule has 1 amide bonds. The number of carbonyl (C=O) groups excluding carboxylic acids is 1. The molecule has 27 heavy (non-hydrogen) atoms. The zero-order valence-corrected chi connectivity index (χ0v) is 17.1. The molecule has 0 unspecified atom stereocenters. The molecular formula is C22H32N4O. The van der Waals surface area contributed by atoms with Crippen molar-refractivity contribution in [3.05, 3.63) is 41.6 Å². The van der Waals surface area contributed by atoms with Gasteiger partial charge in [0.25, 0.3) is 5.91 Å². The molecule has 1 aromatic carbocycles. The summed E-state index contributed by atoms with van der Waals surface area (Å²) in [4.78, 5) is 14.9. The standard InChI is InChI=1S/C22H32N4O/c1-22(2,3)18-10-8-17(9-11-18)20-16-19(24-25(20)4)21(27)23-12-15-26-13-6-5-7-14-26/h8-11,16H,5-7,12-15H2,1-4H3,(H,23,27). The van der Waals surface area contributed by atoms with Gasteiger partial charge in [0.1, 0.15) is 0 Å². The summed E-state index contributed by atoms with van der Waals surface area (Å²) in [5.74, 6) is -0.0971. The average molecular weight is 369 g/mol. The zero-order chi connectivity index (χ0) is 19.4. The van der Waals surface area contributed by atoms with Crippen molar-refractivity contribution in [3.63, 3.8) is 0 Å². The summed E-state index contributed by atoms with van der Waals surface area (Å²) in [6.07, 6.45) is 3.87. The van der Waals surface area contributed by atoms with Gasteiger partial charge in [-0.2, -0.15) is 5.10 Å². The molecule has 1 aliphatic heterocycles. The van der Waals surface area contributed by atoms with Gasteiger partial charge in [0, 0.05) is 20.1 Å². The van der Waals surface area contributed by atoms with E-state index in [2.05, 4.69) is 60.4 Å². The maximum atomic E-state index is 12.5. The van der Waals surface area contributed by atoms with E-state index in [1.54, 1.807) is 4.68 Å². The van der Waals surface area contributed by atoms with Crippen molar-refractivity contribution in [2.45, 2.75) is 45.4 Å². The second kappa shape index (κ2) is 8.26. The van der Waals surface area contributed by atoms with Gasteiger partial charge in [-0.05, 0) is 48.5 Å². The molecule has 1 aliphatic rings. The first-order valence-corrected chi connectivity index (χ1v) is 10.00. The van der Waals surface area contributed by atoms with Gasteiger partial charge in [-0.25, -0.2) is 0 Å². The number of aryl methyl sites for hydroxylation is 1. The molecule has 0 atom stereocenters. The number of likely N-dealkylation sites (tertiary alicyclic amines) is 1. The quantitative estimate of drug-likeness (QED) is 0.877. The first-order valence-electron chi connectivity index (χ1n) is 10.00. The molecule has 2 aromatic rings. The van der Waals surface area contributed by atoms with E-state index in [1.165, 1.54) is 24.8 Å². The maximum absolute atomic E-state index is 12.5. The SMILES string of the molecule is Cn1nc(C(=O)NCCN2CCCCC2)cc1-c1ccc(C(C)(C)C)cc1. The molecule has 2 heterocycles. The van der Waals surface area contributed by atoms with Gasteiger partial charge in [-0.3, -0.25) is 9.48 Å². The average Bonchev–Trinajstić information content (AvgIpc) is 3.04. The van der Waals surface area contributed by atoms with E-state index < -0.39 is 0 Å². The van der Waals surface area contributed by atoms with Crippen LogP contribution in [0.1, 0.15) is 56.1 Å². The summed E-state index contributed by atoms with van der Waals surface area (Å²) in [6, 6.07) is 10.4. The third-order valence-electron chi connectivity index (χ3n) is 5.32. The smallest absolute Gasteiger partial charge is 0.271 e. The van der Waals surface area contributed by atoms with Crippen molar-refractivity contribution < 1.29 is 4.79 Å². The minimum atomic E-state index is -0.0971. The zero-order valence-electron chi connectivity index (χ0n) is 17.1. The van der Waals surface area contributed by atoms with Crippen molar-refractivity contribution in [2.24, 2.45) is 7.05 Å². The number of nitrogens with one attached hydrogen (secondary N) is 1. The fourth-order valence-corrected chi connectivity index (χ4v) is 3.59. The summed E-state index contributed by atoms with van der Waals surface area (Å²) in [6.45, 7) is 10.5. The molecule has 1 aromatic heterocycles. The fraction of sp³-hybridized carbons (Fsp3) is 0.545. The van der Waals surface area contributed by atoms with E-state index in [4.69, 9.17) is 0 Å². The summed E-state index contributed by atoms with van der Waals surface area (Å²) in [5.41, 5.74) is 3.93. The van der Waals surface area contributed by atoms with E-state index in [0.717, 1.165) is 30.9 Å². The maximum Gasteiger partial charge on any atom is 0.271 e. The highest BCUT2D eigenvalue weighted by atomic mass is 16.1. The Hall–Kier alpha value is -2.14.